The molecule has 0 amide bonds. The Bertz CT molecular complexity index is 540. The van der Waals surface area contributed by atoms with E-state index in [1.807, 2.05) is 18.2 Å². The van der Waals surface area contributed by atoms with E-state index in [9.17, 15) is 13.2 Å². The molecule has 0 radical (unpaired) electrons. The van der Waals surface area contributed by atoms with E-state index < -0.39 is 12.8 Å². The van der Waals surface area contributed by atoms with Gasteiger partial charge in [0.1, 0.15) is 6.61 Å². The smallest absolute Gasteiger partial charge is 0.372 e. The summed E-state index contributed by atoms with van der Waals surface area (Å²) in [5, 5.41) is 6.42. The van der Waals surface area contributed by atoms with Gasteiger partial charge in [-0.25, -0.2) is 0 Å². The summed E-state index contributed by atoms with van der Waals surface area (Å²) in [6, 6.07) is 10.5. The number of ether oxygens (including phenoxy) is 1. The van der Waals surface area contributed by atoms with Crippen molar-refractivity contribution in [2.45, 2.75) is 32.5 Å². The zero-order valence-electron chi connectivity index (χ0n) is 16.8. The summed E-state index contributed by atoms with van der Waals surface area (Å²) in [6.07, 6.45) is -3.81. The van der Waals surface area contributed by atoms with Crippen LogP contribution in [0.25, 0.3) is 0 Å². The first kappa shape index (κ1) is 26.9. The number of hydrogen-bond acceptors (Lipinski definition) is 3. The Kier molecular flexibility index (Phi) is 14.3. The summed E-state index contributed by atoms with van der Waals surface area (Å²) in [7, 11) is 1.67. The average Bonchev–Trinajstić information content (AvgIpc) is 2.65. The van der Waals surface area contributed by atoms with Gasteiger partial charge in [0.05, 0.1) is 6.04 Å². The Hall–Kier alpha value is -1.07. The first-order valence-corrected chi connectivity index (χ1v) is 9.29. The highest BCUT2D eigenvalue weighted by atomic mass is 127. The predicted molar refractivity (Wildman–Crippen MR) is 118 cm³/mol. The van der Waals surface area contributed by atoms with Crippen LogP contribution in [0.2, 0.25) is 0 Å². The van der Waals surface area contributed by atoms with Crippen LogP contribution in [0.5, 0.6) is 0 Å². The maximum atomic E-state index is 12.0. The second kappa shape index (κ2) is 14.9. The lowest BCUT2D eigenvalue weighted by Crippen LogP contribution is -2.43. The highest BCUT2D eigenvalue weighted by molar-refractivity contribution is 14.0. The van der Waals surface area contributed by atoms with E-state index in [0.717, 1.165) is 13.1 Å². The number of benzene rings is 1. The van der Waals surface area contributed by atoms with Crippen molar-refractivity contribution in [3.8, 4) is 0 Å². The van der Waals surface area contributed by atoms with Gasteiger partial charge in [0, 0.05) is 26.7 Å². The number of guanidine groups is 1. The molecular weight excluding hydrogens is 484 g/mol. The van der Waals surface area contributed by atoms with Crippen molar-refractivity contribution >= 4 is 29.9 Å². The highest BCUT2D eigenvalue weighted by Gasteiger charge is 2.27. The van der Waals surface area contributed by atoms with Crippen LogP contribution >= 0.6 is 24.0 Å². The van der Waals surface area contributed by atoms with Gasteiger partial charge in [0.15, 0.2) is 5.96 Å². The van der Waals surface area contributed by atoms with Gasteiger partial charge in [-0.05, 0) is 25.1 Å². The number of nitrogens with one attached hydrogen (secondary N) is 2. The SMILES string of the molecule is CCN(CC)C(CNC(=NC)NCCCOCC(F)(F)F)c1ccccc1.I. The summed E-state index contributed by atoms with van der Waals surface area (Å²) in [5.41, 5.74) is 1.23. The van der Waals surface area contributed by atoms with E-state index in [1.165, 1.54) is 5.56 Å². The van der Waals surface area contributed by atoms with Crippen LogP contribution in [-0.4, -0.2) is 63.5 Å². The molecule has 0 fully saturated rings. The summed E-state index contributed by atoms with van der Waals surface area (Å²) in [6.45, 7) is 6.13. The Labute approximate surface area is 183 Å². The molecule has 162 valence electrons. The Balaban J connectivity index is 0.00000729. The number of nitrogens with zero attached hydrogens (tertiary/aromatic N) is 2. The van der Waals surface area contributed by atoms with Crippen LogP contribution in [0.15, 0.2) is 35.3 Å². The molecule has 0 heterocycles. The molecule has 1 unspecified atom stereocenters. The maximum Gasteiger partial charge on any atom is 0.411 e. The third-order valence-corrected chi connectivity index (χ3v) is 4.15. The molecule has 1 rings (SSSR count). The van der Waals surface area contributed by atoms with Crippen LogP contribution in [0.3, 0.4) is 0 Å². The summed E-state index contributed by atoms with van der Waals surface area (Å²) >= 11 is 0. The quantitative estimate of drug-likeness (QED) is 0.203. The molecule has 0 aromatic heterocycles. The van der Waals surface area contributed by atoms with E-state index in [4.69, 9.17) is 0 Å². The number of aliphatic imine (C=N–C) groups is 1. The van der Waals surface area contributed by atoms with E-state index in [0.29, 0.717) is 25.5 Å². The molecule has 0 bridgehead atoms. The van der Waals surface area contributed by atoms with Crippen LogP contribution in [-0.2, 0) is 4.74 Å². The van der Waals surface area contributed by atoms with Gasteiger partial charge in [-0.2, -0.15) is 13.2 Å². The summed E-state index contributed by atoms with van der Waals surface area (Å²) in [4.78, 5) is 6.54. The first-order valence-electron chi connectivity index (χ1n) is 9.29. The van der Waals surface area contributed by atoms with Gasteiger partial charge in [-0.1, -0.05) is 44.2 Å². The minimum atomic E-state index is -4.28. The maximum absolute atomic E-state index is 12.0. The molecule has 0 aliphatic rings. The topological polar surface area (TPSA) is 48.9 Å². The van der Waals surface area contributed by atoms with Crippen molar-refractivity contribution in [1.82, 2.24) is 15.5 Å². The van der Waals surface area contributed by atoms with Crippen molar-refractivity contribution in [1.29, 1.82) is 0 Å². The second-order valence-corrected chi connectivity index (χ2v) is 6.05. The molecule has 5 nitrogen and oxygen atoms in total. The Morgan fingerprint density at radius 3 is 2.32 bits per heavy atom. The average molecular weight is 516 g/mol. The normalized spacial score (nSPS) is 13.2. The van der Waals surface area contributed by atoms with Crippen molar-refractivity contribution in [2.24, 2.45) is 4.99 Å². The van der Waals surface area contributed by atoms with Crippen molar-refractivity contribution in [3.05, 3.63) is 35.9 Å². The van der Waals surface area contributed by atoms with Gasteiger partial charge in [0.2, 0.25) is 0 Å². The molecule has 0 aliphatic heterocycles. The number of hydrogen-bond donors (Lipinski definition) is 2. The highest BCUT2D eigenvalue weighted by Crippen LogP contribution is 2.19. The third kappa shape index (κ3) is 11.1. The number of halogens is 4. The lowest BCUT2D eigenvalue weighted by Gasteiger charge is -2.30. The summed E-state index contributed by atoms with van der Waals surface area (Å²) < 4.78 is 40.6. The minimum Gasteiger partial charge on any atom is -0.372 e. The van der Waals surface area contributed by atoms with E-state index in [-0.39, 0.29) is 36.6 Å². The van der Waals surface area contributed by atoms with Crippen molar-refractivity contribution < 1.29 is 17.9 Å². The fraction of sp³-hybridized carbons (Fsp3) is 0.632. The fourth-order valence-corrected chi connectivity index (χ4v) is 2.78. The van der Waals surface area contributed by atoms with Crippen molar-refractivity contribution in [2.75, 3.05) is 46.4 Å². The van der Waals surface area contributed by atoms with Crippen molar-refractivity contribution in [3.63, 3.8) is 0 Å². The molecule has 0 spiro atoms. The molecule has 28 heavy (non-hydrogen) atoms. The molecular formula is C19H32F3IN4O. The van der Waals surface area contributed by atoms with Crippen LogP contribution in [0.4, 0.5) is 13.2 Å². The third-order valence-electron chi connectivity index (χ3n) is 4.15. The van der Waals surface area contributed by atoms with Gasteiger partial charge < -0.3 is 15.4 Å². The van der Waals surface area contributed by atoms with Crippen LogP contribution in [0.1, 0.15) is 31.9 Å². The minimum absolute atomic E-state index is 0. The lowest BCUT2D eigenvalue weighted by atomic mass is 10.1. The summed E-state index contributed by atoms with van der Waals surface area (Å²) in [5.74, 6) is 0.624. The molecule has 1 atom stereocenters. The standard InChI is InChI=1S/C19H31F3N4O.HI/c1-4-26(5-2)17(16-10-7-6-8-11-16)14-25-18(23-3)24-12-9-13-27-15-19(20,21)22;/h6-8,10-11,17H,4-5,9,12-15H2,1-3H3,(H2,23,24,25);1H. The Morgan fingerprint density at radius 2 is 1.79 bits per heavy atom. The largest absolute Gasteiger partial charge is 0.411 e. The van der Waals surface area contributed by atoms with E-state index >= 15 is 0 Å². The second-order valence-electron chi connectivity index (χ2n) is 6.05. The number of rotatable bonds is 11. The van der Waals surface area contributed by atoms with Gasteiger partial charge >= 0.3 is 6.18 Å². The molecule has 1 aromatic carbocycles. The monoisotopic (exact) mass is 516 g/mol. The van der Waals surface area contributed by atoms with E-state index in [2.05, 4.69) is 51.2 Å². The van der Waals surface area contributed by atoms with Crippen LogP contribution < -0.4 is 10.6 Å². The number of likely N-dealkylation sites (N-methyl/N-ethyl adjacent to an activating group) is 1. The van der Waals surface area contributed by atoms with Gasteiger partial charge in [-0.15, -0.1) is 24.0 Å². The van der Waals surface area contributed by atoms with Crippen LogP contribution in [0, 0.1) is 0 Å². The Morgan fingerprint density at radius 1 is 1.14 bits per heavy atom. The predicted octanol–water partition coefficient (Wildman–Crippen LogP) is 3.82. The molecule has 0 saturated carbocycles. The molecule has 0 saturated heterocycles. The molecule has 2 N–H and O–H groups in total. The van der Waals surface area contributed by atoms with Gasteiger partial charge in [-0.3, -0.25) is 9.89 Å². The van der Waals surface area contributed by atoms with Gasteiger partial charge in [0.25, 0.3) is 0 Å². The fourth-order valence-electron chi connectivity index (χ4n) is 2.78. The molecule has 0 aliphatic carbocycles. The molecule has 9 heteroatoms. The number of alkyl halides is 3. The zero-order valence-corrected chi connectivity index (χ0v) is 19.1. The molecule has 1 aromatic rings. The first-order chi connectivity index (χ1) is 12.9. The lowest BCUT2D eigenvalue weighted by molar-refractivity contribution is -0.173. The van der Waals surface area contributed by atoms with E-state index in [1.54, 1.807) is 7.05 Å². The zero-order chi connectivity index (χ0) is 20.1.